The van der Waals surface area contributed by atoms with E-state index in [2.05, 4.69) is 19.2 Å². The Hall–Kier alpha value is -2.17. The van der Waals surface area contributed by atoms with Gasteiger partial charge < -0.3 is 5.32 Å². The number of urea groups is 1. The lowest BCUT2D eigenvalue weighted by Crippen LogP contribution is -2.51. The molecule has 1 atom stereocenters. The number of Topliss-reactive ketones (excluding diaryl/α,β-unsaturated/α-hetero) is 1. The summed E-state index contributed by atoms with van der Waals surface area (Å²) in [5.41, 5.74) is 0.807. The summed E-state index contributed by atoms with van der Waals surface area (Å²) in [6.07, 6.45) is 5.25. The molecule has 0 spiro atoms. The van der Waals surface area contributed by atoms with E-state index in [9.17, 15) is 14.4 Å². The maximum atomic E-state index is 12.9. The van der Waals surface area contributed by atoms with Gasteiger partial charge in [0.25, 0.3) is 5.91 Å². The molecular formula is C21H28N2O3. The fourth-order valence-electron chi connectivity index (χ4n) is 4.10. The zero-order chi connectivity index (χ0) is 18.9. The first kappa shape index (κ1) is 18.6. The van der Waals surface area contributed by atoms with E-state index in [1.807, 2.05) is 19.1 Å². The third-order valence-electron chi connectivity index (χ3n) is 5.92. The number of benzene rings is 1. The van der Waals surface area contributed by atoms with Crippen LogP contribution in [0.2, 0.25) is 0 Å². The molecule has 3 amide bonds. The lowest BCUT2D eigenvalue weighted by molar-refractivity contribution is -0.132. The van der Waals surface area contributed by atoms with Crippen LogP contribution >= 0.6 is 0 Å². The molecule has 1 heterocycles. The zero-order valence-electron chi connectivity index (χ0n) is 15.9. The molecule has 1 aromatic rings. The standard InChI is InChI=1S/C21H28N2O3/c1-14(2)15-9-11-16(12-10-15)18(24)13-23-19(25)21(3,22-20(23)26)17-7-5-4-6-8-17/h9-12,14,17H,4-8,13H2,1-3H3,(H,22,26)/t21-/m0/s1. The van der Waals surface area contributed by atoms with Crippen molar-refractivity contribution in [2.45, 2.75) is 64.3 Å². The van der Waals surface area contributed by atoms with Crippen LogP contribution in [0.5, 0.6) is 0 Å². The predicted molar refractivity (Wildman–Crippen MR) is 100 cm³/mol. The van der Waals surface area contributed by atoms with Crippen LogP contribution in [-0.2, 0) is 4.79 Å². The highest BCUT2D eigenvalue weighted by atomic mass is 16.2. The van der Waals surface area contributed by atoms with Gasteiger partial charge in [-0.05, 0) is 37.2 Å². The SMILES string of the molecule is CC(C)c1ccc(C(=O)CN2C(=O)N[C@@](C)(C3CCCCC3)C2=O)cc1. The van der Waals surface area contributed by atoms with E-state index >= 15 is 0 Å². The number of rotatable bonds is 5. The summed E-state index contributed by atoms with van der Waals surface area (Å²) in [6.45, 7) is 5.80. The number of ketones is 1. The van der Waals surface area contributed by atoms with Gasteiger partial charge in [-0.15, -0.1) is 0 Å². The third kappa shape index (κ3) is 3.39. The normalized spacial score (nSPS) is 24.2. The second-order valence-corrected chi connectivity index (χ2v) is 8.06. The number of carbonyl (C=O) groups is 3. The molecule has 0 bridgehead atoms. The van der Waals surface area contributed by atoms with Crippen molar-refractivity contribution in [2.24, 2.45) is 5.92 Å². The predicted octanol–water partition coefficient (Wildman–Crippen LogP) is 3.88. The van der Waals surface area contributed by atoms with Gasteiger partial charge in [0, 0.05) is 5.56 Å². The van der Waals surface area contributed by atoms with Crippen LogP contribution in [0.3, 0.4) is 0 Å². The van der Waals surface area contributed by atoms with Crippen molar-refractivity contribution in [3.63, 3.8) is 0 Å². The fourth-order valence-corrected chi connectivity index (χ4v) is 4.10. The van der Waals surface area contributed by atoms with E-state index in [1.54, 1.807) is 12.1 Å². The van der Waals surface area contributed by atoms with Crippen molar-refractivity contribution in [1.82, 2.24) is 10.2 Å². The van der Waals surface area contributed by atoms with E-state index in [4.69, 9.17) is 0 Å². The first-order chi connectivity index (χ1) is 12.3. The Kier molecular flexibility index (Phi) is 5.17. The molecule has 2 fully saturated rings. The summed E-state index contributed by atoms with van der Waals surface area (Å²) in [6, 6.07) is 6.95. The Bertz CT molecular complexity index is 704. The van der Waals surface area contributed by atoms with Gasteiger partial charge >= 0.3 is 6.03 Å². The highest BCUT2D eigenvalue weighted by Crippen LogP contribution is 2.36. The van der Waals surface area contributed by atoms with E-state index in [0.29, 0.717) is 11.5 Å². The van der Waals surface area contributed by atoms with Gasteiger partial charge in [0.15, 0.2) is 5.78 Å². The largest absolute Gasteiger partial charge is 0.325 e. The molecule has 1 saturated carbocycles. The Labute approximate surface area is 155 Å². The van der Waals surface area contributed by atoms with Crippen molar-refractivity contribution in [2.75, 3.05) is 6.54 Å². The molecule has 1 aliphatic carbocycles. The van der Waals surface area contributed by atoms with Crippen LogP contribution in [0.4, 0.5) is 4.79 Å². The molecule has 0 unspecified atom stereocenters. The van der Waals surface area contributed by atoms with Crippen molar-refractivity contribution in [3.05, 3.63) is 35.4 Å². The molecule has 2 aliphatic rings. The van der Waals surface area contributed by atoms with Crippen molar-refractivity contribution < 1.29 is 14.4 Å². The minimum atomic E-state index is -0.876. The van der Waals surface area contributed by atoms with Crippen LogP contribution in [0.1, 0.15) is 74.7 Å². The van der Waals surface area contributed by atoms with Crippen molar-refractivity contribution >= 4 is 17.7 Å². The molecule has 26 heavy (non-hydrogen) atoms. The average Bonchev–Trinajstić information content (AvgIpc) is 2.86. The minimum Gasteiger partial charge on any atom is -0.323 e. The van der Waals surface area contributed by atoms with Gasteiger partial charge in [-0.2, -0.15) is 0 Å². The van der Waals surface area contributed by atoms with Crippen LogP contribution < -0.4 is 5.32 Å². The molecule has 1 aliphatic heterocycles. The number of hydrogen-bond donors (Lipinski definition) is 1. The molecule has 1 aromatic carbocycles. The van der Waals surface area contributed by atoms with Gasteiger partial charge in [0.2, 0.25) is 0 Å². The van der Waals surface area contributed by atoms with E-state index in [0.717, 1.165) is 36.1 Å². The van der Waals surface area contributed by atoms with Gasteiger partial charge in [-0.1, -0.05) is 57.4 Å². The smallest absolute Gasteiger partial charge is 0.323 e. The number of hydrogen-bond acceptors (Lipinski definition) is 3. The molecule has 0 aromatic heterocycles. The molecular weight excluding hydrogens is 328 g/mol. The quantitative estimate of drug-likeness (QED) is 0.643. The second-order valence-electron chi connectivity index (χ2n) is 8.06. The molecule has 140 valence electrons. The highest BCUT2D eigenvalue weighted by Gasteiger charge is 2.52. The Morgan fingerprint density at radius 1 is 1.15 bits per heavy atom. The van der Waals surface area contributed by atoms with Crippen molar-refractivity contribution in [1.29, 1.82) is 0 Å². The first-order valence-corrected chi connectivity index (χ1v) is 9.60. The van der Waals surface area contributed by atoms with Gasteiger partial charge in [-0.3, -0.25) is 14.5 Å². The van der Waals surface area contributed by atoms with Gasteiger partial charge in [-0.25, -0.2) is 4.79 Å². The summed E-state index contributed by atoms with van der Waals surface area (Å²) in [5.74, 6) is 0.0673. The number of carbonyl (C=O) groups excluding carboxylic acids is 3. The van der Waals surface area contributed by atoms with Crippen LogP contribution in [0, 0.1) is 5.92 Å². The minimum absolute atomic E-state index is 0.151. The van der Waals surface area contributed by atoms with Crippen molar-refractivity contribution in [3.8, 4) is 0 Å². The molecule has 1 saturated heterocycles. The monoisotopic (exact) mass is 356 g/mol. The maximum absolute atomic E-state index is 12.9. The zero-order valence-corrected chi connectivity index (χ0v) is 15.9. The third-order valence-corrected chi connectivity index (χ3v) is 5.92. The summed E-state index contributed by atoms with van der Waals surface area (Å²) in [7, 11) is 0. The Morgan fingerprint density at radius 3 is 2.35 bits per heavy atom. The van der Waals surface area contributed by atoms with E-state index in [1.165, 1.54) is 6.42 Å². The summed E-state index contributed by atoms with van der Waals surface area (Å²) >= 11 is 0. The number of imide groups is 1. The molecule has 5 heteroatoms. The van der Waals surface area contributed by atoms with Crippen LogP contribution in [-0.4, -0.2) is 34.7 Å². The number of nitrogens with one attached hydrogen (secondary N) is 1. The first-order valence-electron chi connectivity index (χ1n) is 9.60. The summed E-state index contributed by atoms with van der Waals surface area (Å²) in [5, 5.41) is 2.87. The van der Waals surface area contributed by atoms with E-state index in [-0.39, 0.29) is 24.2 Å². The molecule has 3 rings (SSSR count). The molecule has 5 nitrogen and oxygen atoms in total. The van der Waals surface area contributed by atoms with E-state index < -0.39 is 11.6 Å². The maximum Gasteiger partial charge on any atom is 0.325 e. The number of amides is 3. The van der Waals surface area contributed by atoms with Gasteiger partial charge in [0.1, 0.15) is 5.54 Å². The molecule has 0 radical (unpaired) electrons. The topological polar surface area (TPSA) is 66.5 Å². The highest BCUT2D eigenvalue weighted by molar-refractivity contribution is 6.11. The Morgan fingerprint density at radius 2 is 1.77 bits per heavy atom. The molecule has 1 N–H and O–H groups in total. The number of nitrogens with zero attached hydrogens (tertiary/aromatic N) is 1. The fraction of sp³-hybridized carbons (Fsp3) is 0.571. The second kappa shape index (κ2) is 7.22. The lowest BCUT2D eigenvalue weighted by Gasteiger charge is -2.34. The van der Waals surface area contributed by atoms with Crippen LogP contribution in [0.15, 0.2) is 24.3 Å². The van der Waals surface area contributed by atoms with Crippen LogP contribution in [0.25, 0.3) is 0 Å². The summed E-state index contributed by atoms with van der Waals surface area (Å²) < 4.78 is 0. The summed E-state index contributed by atoms with van der Waals surface area (Å²) in [4.78, 5) is 39.0. The average molecular weight is 356 g/mol. The lowest BCUT2D eigenvalue weighted by atomic mass is 9.75. The Balaban J connectivity index is 1.72. The van der Waals surface area contributed by atoms with Gasteiger partial charge in [0.05, 0.1) is 6.54 Å².